The topological polar surface area (TPSA) is 105 Å². The number of esters is 3. The number of aryl methyl sites for hydroxylation is 1. The van der Waals surface area contributed by atoms with E-state index in [0.29, 0.717) is 11.3 Å². The number of hydrogen-bond donors (Lipinski definition) is 0. The molecule has 0 aromatic heterocycles. The number of ketones is 1. The Labute approximate surface area is 172 Å². The van der Waals surface area contributed by atoms with Crippen LogP contribution in [0.25, 0.3) is 0 Å². The van der Waals surface area contributed by atoms with E-state index in [9.17, 15) is 19.2 Å². The highest BCUT2D eigenvalue weighted by atomic mass is 16.6. The Hall–Kier alpha value is -3.68. The third kappa shape index (κ3) is 4.65. The Bertz CT molecular complexity index is 1050. The van der Waals surface area contributed by atoms with Gasteiger partial charge in [-0.25, -0.2) is 0 Å². The molecule has 2 aromatic rings. The number of ether oxygens (including phenoxy) is 4. The van der Waals surface area contributed by atoms with E-state index in [1.807, 2.05) is 0 Å². The van der Waals surface area contributed by atoms with Gasteiger partial charge in [0, 0.05) is 20.8 Å². The molecule has 2 aromatic carbocycles. The average Bonchev–Trinajstić information content (AvgIpc) is 2.60. The number of benzene rings is 2. The first-order chi connectivity index (χ1) is 14.1. The van der Waals surface area contributed by atoms with Crippen molar-refractivity contribution in [3.63, 3.8) is 0 Å². The van der Waals surface area contributed by atoms with Crippen LogP contribution in [0.5, 0.6) is 23.0 Å². The first kappa shape index (κ1) is 21.0. The summed E-state index contributed by atoms with van der Waals surface area (Å²) in [6, 6.07) is 7.88. The molecule has 1 atom stereocenters. The Morgan fingerprint density at radius 1 is 0.867 bits per heavy atom. The van der Waals surface area contributed by atoms with Crippen LogP contribution in [-0.4, -0.2) is 23.7 Å². The molecule has 0 fully saturated rings. The third-order valence-corrected chi connectivity index (χ3v) is 4.23. The van der Waals surface area contributed by atoms with E-state index in [1.54, 1.807) is 25.1 Å². The molecule has 1 aliphatic heterocycles. The van der Waals surface area contributed by atoms with Gasteiger partial charge in [0.15, 0.2) is 17.3 Å². The minimum absolute atomic E-state index is 0.0171. The van der Waals surface area contributed by atoms with Crippen LogP contribution >= 0.6 is 0 Å². The van der Waals surface area contributed by atoms with Crippen molar-refractivity contribution in [1.82, 2.24) is 0 Å². The van der Waals surface area contributed by atoms with Crippen LogP contribution in [0.2, 0.25) is 0 Å². The molecular formula is C22H20O8. The summed E-state index contributed by atoms with van der Waals surface area (Å²) < 4.78 is 21.4. The molecule has 0 amide bonds. The molecule has 156 valence electrons. The number of carbonyl (C=O) groups excluding carboxylic acids is 4. The van der Waals surface area contributed by atoms with Crippen molar-refractivity contribution in [3.8, 4) is 23.0 Å². The molecule has 0 spiro atoms. The number of rotatable bonds is 4. The lowest BCUT2D eigenvalue weighted by atomic mass is 9.94. The van der Waals surface area contributed by atoms with Crippen molar-refractivity contribution in [2.75, 3.05) is 0 Å². The van der Waals surface area contributed by atoms with Crippen LogP contribution in [0.15, 0.2) is 30.3 Å². The van der Waals surface area contributed by atoms with Crippen LogP contribution in [0.1, 0.15) is 54.8 Å². The van der Waals surface area contributed by atoms with Crippen LogP contribution in [0.4, 0.5) is 0 Å². The Kier molecular flexibility index (Phi) is 5.86. The minimum Gasteiger partial charge on any atom is -0.484 e. The Morgan fingerprint density at radius 3 is 2.10 bits per heavy atom. The van der Waals surface area contributed by atoms with Gasteiger partial charge in [0.05, 0.1) is 6.42 Å². The molecule has 8 heteroatoms. The summed E-state index contributed by atoms with van der Waals surface area (Å²) in [4.78, 5) is 46.9. The van der Waals surface area contributed by atoms with Gasteiger partial charge in [-0.2, -0.15) is 0 Å². The molecular weight excluding hydrogens is 392 g/mol. The van der Waals surface area contributed by atoms with Gasteiger partial charge in [-0.1, -0.05) is 6.07 Å². The predicted octanol–water partition coefficient (Wildman–Crippen LogP) is 3.48. The molecule has 0 bridgehead atoms. The van der Waals surface area contributed by atoms with Gasteiger partial charge in [-0.05, 0) is 42.3 Å². The second-order valence-electron chi connectivity index (χ2n) is 6.86. The maximum Gasteiger partial charge on any atom is 0.308 e. The zero-order valence-corrected chi connectivity index (χ0v) is 16.9. The number of hydrogen-bond acceptors (Lipinski definition) is 8. The van der Waals surface area contributed by atoms with E-state index in [1.165, 1.54) is 32.9 Å². The number of Topliss-reactive ketones (excluding diaryl/α,β-unsaturated/α-hetero) is 1. The predicted molar refractivity (Wildman–Crippen MR) is 104 cm³/mol. The van der Waals surface area contributed by atoms with E-state index in [4.69, 9.17) is 18.9 Å². The number of carbonyl (C=O) groups is 4. The molecule has 0 N–H and O–H groups in total. The summed E-state index contributed by atoms with van der Waals surface area (Å²) in [6.07, 6.45) is -0.686. The van der Waals surface area contributed by atoms with Crippen molar-refractivity contribution in [1.29, 1.82) is 0 Å². The summed E-state index contributed by atoms with van der Waals surface area (Å²) in [5, 5.41) is 0. The smallest absolute Gasteiger partial charge is 0.308 e. The summed E-state index contributed by atoms with van der Waals surface area (Å²) >= 11 is 0. The second kappa shape index (κ2) is 8.36. The Balaban J connectivity index is 1.98. The van der Waals surface area contributed by atoms with Crippen LogP contribution in [-0.2, 0) is 14.4 Å². The first-order valence-corrected chi connectivity index (χ1v) is 9.17. The van der Waals surface area contributed by atoms with Gasteiger partial charge in [-0.15, -0.1) is 0 Å². The van der Waals surface area contributed by atoms with Crippen molar-refractivity contribution in [2.24, 2.45) is 0 Å². The Morgan fingerprint density at radius 2 is 1.47 bits per heavy atom. The molecule has 1 aliphatic rings. The standard InChI is InChI=1S/C22H20O8/c1-11-7-20(29-14(4)25)22-16(26)10-18(30-21(22)8-11)15-5-6-17(27-12(2)23)19(9-15)28-13(3)24/h5-9,18H,10H2,1-4H3. The lowest BCUT2D eigenvalue weighted by Gasteiger charge is -2.27. The quantitative estimate of drug-likeness (QED) is 0.555. The zero-order chi connectivity index (χ0) is 22.0. The first-order valence-electron chi connectivity index (χ1n) is 9.17. The fourth-order valence-electron chi connectivity index (χ4n) is 3.17. The van der Waals surface area contributed by atoms with Gasteiger partial charge >= 0.3 is 17.9 Å². The molecule has 0 saturated heterocycles. The summed E-state index contributed by atoms with van der Waals surface area (Å²) in [7, 11) is 0. The molecule has 1 heterocycles. The van der Waals surface area contributed by atoms with Crippen LogP contribution < -0.4 is 18.9 Å². The molecule has 3 rings (SSSR count). The highest BCUT2D eigenvalue weighted by Crippen LogP contribution is 2.42. The van der Waals surface area contributed by atoms with Gasteiger partial charge in [0.25, 0.3) is 0 Å². The van der Waals surface area contributed by atoms with Crippen molar-refractivity contribution >= 4 is 23.7 Å². The molecule has 1 unspecified atom stereocenters. The van der Waals surface area contributed by atoms with Gasteiger partial charge in [0.1, 0.15) is 23.2 Å². The fraction of sp³-hybridized carbons (Fsp3) is 0.273. The highest BCUT2D eigenvalue weighted by molar-refractivity contribution is 6.03. The highest BCUT2D eigenvalue weighted by Gasteiger charge is 2.32. The lowest BCUT2D eigenvalue weighted by molar-refractivity contribution is -0.134. The number of fused-ring (bicyclic) bond motifs is 1. The monoisotopic (exact) mass is 412 g/mol. The SMILES string of the molecule is CC(=O)Oc1ccc(C2CC(=O)c3c(OC(C)=O)cc(C)cc3O2)cc1OC(C)=O. The molecule has 0 saturated carbocycles. The van der Waals surface area contributed by atoms with Crippen molar-refractivity contribution in [2.45, 2.75) is 40.2 Å². The zero-order valence-electron chi connectivity index (χ0n) is 16.9. The molecule has 8 nitrogen and oxygen atoms in total. The van der Waals surface area contributed by atoms with Gasteiger partial charge in [0.2, 0.25) is 0 Å². The van der Waals surface area contributed by atoms with Gasteiger partial charge < -0.3 is 18.9 Å². The molecule has 0 aliphatic carbocycles. The summed E-state index contributed by atoms with van der Waals surface area (Å²) in [5.74, 6) is -1.37. The van der Waals surface area contributed by atoms with Crippen molar-refractivity contribution in [3.05, 3.63) is 47.0 Å². The fourth-order valence-corrected chi connectivity index (χ4v) is 3.17. The van der Waals surface area contributed by atoms with E-state index >= 15 is 0 Å². The van der Waals surface area contributed by atoms with Crippen LogP contribution in [0, 0.1) is 6.92 Å². The minimum atomic E-state index is -0.669. The lowest BCUT2D eigenvalue weighted by Crippen LogP contribution is -2.22. The molecule has 30 heavy (non-hydrogen) atoms. The van der Waals surface area contributed by atoms with Crippen LogP contribution in [0.3, 0.4) is 0 Å². The largest absolute Gasteiger partial charge is 0.484 e. The summed E-state index contributed by atoms with van der Waals surface area (Å²) in [5.41, 5.74) is 1.52. The van der Waals surface area contributed by atoms with Gasteiger partial charge in [-0.3, -0.25) is 19.2 Å². The van der Waals surface area contributed by atoms with E-state index in [2.05, 4.69) is 0 Å². The maximum atomic E-state index is 12.8. The second-order valence-corrected chi connectivity index (χ2v) is 6.86. The van der Waals surface area contributed by atoms with E-state index in [0.717, 1.165) is 5.56 Å². The average molecular weight is 412 g/mol. The normalized spacial score (nSPS) is 14.9. The van der Waals surface area contributed by atoms with E-state index < -0.39 is 24.0 Å². The third-order valence-electron chi connectivity index (χ3n) is 4.23. The van der Waals surface area contributed by atoms with E-state index in [-0.39, 0.29) is 35.0 Å². The molecule has 0 radical (unpaired) electrons. The maximum absolute atomic E-state index is 12.8. The summed E-state index contributed by atoms with van der Waals surface area (Å²) in [6.45, 7) is 5.50. The van der Waals surface area contributed by atoms with Crippen molar-refractivity contribution < 1.29 is 38.1 Å².